The number of aryl methyl sites for hydroxylation is 1. The molecular weight excluding hydrogens is 356 g/mol. The minimum atomic E-state index is -0.498. The van der Waals surface area contributed by atoms with Gasteiger partial charge in [-0.25, -0.2) is 9.78 Å². The molecule has 148 valence electrons. The zero-order valence-corrected chi connectivity index (χ0v) is 16.3. The van der Waals surface area contributed by atoms with Crippen LogP contribution in [0.2, 0.25) is 0 Å². The fraction of sp³-hybridized carbons (Fsp3) is 0.400. The van der Waals surface area contributed by atoms with Crippen LogP contribution in [-0.4, -0.2) is 59.0 Å². The fourth-order valence-electron chi connectivity index (χ4n) is 3.34. The van der Waals surface area contributed by atoms with Crippen LogP contribution in [0.4, 0.5) is 10.6 Å². The van der Waals surface area contributed by atoms with Crippen molar-refractivity contribution in [3.8, 4) is 0 Å². The Balaban J connectivity index is 1.53. The molecule has 3 amide bonds. The first-order valence-corrected chi connectivity index (χ1v) is 9.42. The van der Waals surface area contributed by atoms with Crippen molar-refractivity contribution in [2.75, 3.05) is 31.1 Å². The van der Waals surface area contributed by atoms with E-state index >= 15 is 0 Å². The zero-order chi connectivity index (χ0) is 20.1. The fourth-order valence-corrected chi connectivity index (χ4v) is 3.34. The first kappa shape index (κ1) is 19.6. The third kappa shape index (κ3) is 4.76. The summed E-state index contributed by atoms with van der Waals surface area (Å²) in [7, 11) is 0. The van der Waals surface area contributed by atoms with E-state index in [1.807, 2.05) is 36.9 Å². The molecular formula is C20H26N6O2. The third-order valence-electron chi connectivity index (χ3n) is 4.75. The highest BCUT2D eigenvalue weighted by molar-refractivity contribution is 5.97. The minimum absolute atomic E-state index is 0.0166. The molecule has 0 radical (unpaired) electrons. The molecule has 2 aromatic heterocycles. The van der Waals surface area contributed by atoms with Crippen LogP contribution in [0.5, 0.6) is 0 Å². The predicted molar refractivity (Wildman–Crippen MR) is 107 cm³/mol. The van der Waals surface area contributed by atoms with Gasteiger partial charge in [-0.1, -0.05) is 6.07 Å². The lowest BCUT2D eigenvalue weighted by molar-refractivity contribution is 0.1000. The van der Waals surface area contributed by atoms with Crippen LogP contribution in [0.1, 0.15) is 28.7 Å². The van der Waals surface area contributed by atoms with Gasteiger partial charge in [0.1, 0.15) is 5.82 Å². The molecule has 0 bridgehead atoms. The summed E-state index contributed by atoms with van der Waals surface area (Å²) < 4.78 is 0. The zero-order valence-electron chi connectivity index (χ0n) is 16.3. The number of hydrogen-bond acceptors (Lipinski definition) is 5. The van der Waals surface area contributed by atoms with Gasteiger partial charge in [0.2, 0.25) is 0 Å². The number of hydrogen-bond donors (Lipinski definition) is 2. The summed E-state index contributed by atoms with van der Waals surface area (Å²) in [6.07, 6.45) is 2.32. The molecule has 0 saturated carbocycles. The first-order valence-electron chi connectivity index (χ1n) is 9.42. The van der Waals surface area contributed by atoms with Crippen LogP contribution in [0.25, 0.3) is 0 Å². The smallest absolute Gasteiger partial charge is 0.317 e. The molecule has 8 heteroatoms. The Hall–Kier alpha value is -3.16. The normalized spacial score (nSPS) is 15.2. The highest BCUT2D eigenvalue weighted by atomic mass is 16.2. The predicted octanol–water partition coefficient (Wildman–Crippen LogP) is 1.35. The van der Waals surface area contributed by atoms with Crippen molar-refractivity contribution in [3.05, 3.63) is 53.5 Å². The molecule has 0 aromatic carbocycles. The Morgan fingerprint density at radius 1 is 1.18 bits per heavy atom. The summed E-state index contributed by atoms with van der Waals surface area (Å²) in [6.45, 7) is 6.23. The second kappa shape index (κ2) is 8.69. The number of nitrogens with one attached hydrogen (secondary N) is 1. The highest BCUT2D eigenvalue weighted by Gasteiger charge is 2.25. The molecule has 1 aliphatic rings. The number of anilines is 1. The van der Waals surface area contributed by atoms with Gasteiger partial charge in [0.15, 0.2) is 0 Å². The average Bonchev–Trinajstić information content (AvgIpc) is 2.68. The molecule has 1 saturated heterocycles. The average molecular weight is 382 g/mol. The maximum absolute atomic E-state index is 12.6. The Morgan fingerprint density at radius 3 is 2.61 bits per heavy atom. The number of urea groups is 1. The maximum Gasteiger partial charge on any atom is 0.317 e. The molecule has 1 aliphatic heterocycles. The van der Waals surface area contributed by atoms with Crippen molar-refractivity contribution in [2.45, 2.75) is 26.3 Å². The van der Waals surface area contributed by atoms with Crippen molar-refractivity contribution >= 4 is 17.8 Å². The Labute approximate surface area is 164 Å². The number of nitrogens with two attached hydrogens (primary N) is 1. The summed E-state index contributed by atoms with van der Waals surface area (Å²) in [5.41, 5.74) is 7.78. The van der Waals surface area contributed by atoms with E-state index < -0.39 is 5.91 Å². The molecule has 1 fully saturated rings. The number of nitrogens with zero attached hydrogens (tertiary/aromatic N) is 4. The molecule has 3 heterocycles. The number of rotatable bonds is 5. The highest BCUT2D eigenvalue weighted by Crippen LogP contribution is 2.18. The number of amides is 3. The molecule has 1 unspecified atom stereocenters. The third-order valence-corrected chi connectivity index (χ3v) is 4.75. The van der Waals surface area contributed by atoms with Gasteiger partial charge in [0.05, 0.1) is 5.56 Å². The lowest BCUT2D eigenvalue weighted by Gasteiger charge is -2.36. The summed E-state index contributed by atoms with van der Waals surface area (Å²) in [6, 6.07) is 9.16. The van der Waals surface area contributed by atoms with Crippen molar-refractivity contribution in [2.24, 2.45) is 5.73 Å². The van der Waals surface area contributed by atoms with Gasteiger partial charge >= 0.3 is 6.03 Å². The van der Waals surface area contributed by atoms with E-state index in [0.717, 1.165) is 11.4 Å². The van der Waals surface area contributed by atoms with Crippen LogP contribution in [0, 0.1) is 6.92 Å². The quantitative estimate of drug-likeness (QED) is 0.812. The minimum Gasteiger partial charge on any atom is -0.365 e. The van der Waals surface area contributed by atoms with E-state index in [1.165, 1.54) is 0 Å². The van der Waals surface area contributed by atoms with Crippen LogP contribution in [0.3, 0.4) is 0 Å². The maximum atomic E-state index is 12.6. The standard InChI is InChI=1S/C20H26N6O2/c1-14-5-3-6-16(23-14)13-15(2)24-20(28)26-11-9-25(10-12-26)19-17(18(21)27)7-4-8-22-19/h3-8,15H,9-13H2,1-2H3,(H2,21,27)(H,24,28). The van der Waals surface area contributed by atoms with E-state index in [1.54, 1.807) is 23.2 Å². The number of piperazine rings is 1. The Morgan fingerprint density at radius 2 is 1.93 bits per heavy atom. The van der Waals surface area contributed by atoms with Crippen molar-refractivity contribution < 1.29 is 9.59 Å². The lowest BCUT2D eigenvalue weighted by Crippen LogP contribution is -2.53. The number of pyridine rings is 2. The van der Waals surface area contributed by atoms with Gasteiger partial charge in [0.25, 0.3) is 5.91 Å². The summed E-state index contributed by atoms with van der Waals surface area (Å²) in [5, 5.41) is 3.04. The molecule has 3 N–H and O–H groups in total. The summed E-state index contributed by atoms with van der Waals surface area (Å²) >= 11 is 0. The summed E-state index contributed by atoms with van der Waals surface area (Å²) in [5.74, 6) is 0.0794. The van der Waals surface area contributed by atoms with Gasteiger partial charge in [-0.05, 0) is 38.1 Å². The number of carbonyl (C=O) groups excluding carboxylic acids is 2. The van der Waals surface area contributed by atoms with Crippen LogP contribution in [-0.2, 0) is 6.42 Å². The molecule has 0 spiro atoms. The van der Waals surface area contributed by atoms with E-state index in [0.29, 0.717) is 44.0 Å². The molecule has 1 atom stereocenters. The first-order chi connectivity index (χ1) is 13.4. The van der Waals surface area contributed by atoms with E-state index in [4.69, 9.17) is 5.73 Å². The largest absolute Gasteiger partial charge is 0.365 e. The van der Waals surface area contributed by atoms with Gasteiger partial charge in [0, 0.05) is 56.2 Å². The number of aromatic nitrogens is 2. The number of carbonyl (C=O) groups is 2. The van der Waals surface area contributed by atoms with Crippen molar-refractivity contribution in [3.63, 3.8) is 0 Å². The molecule has 8 nitrogen and oxygen atoms in total. The molecule has 3 rings (SSSR count). The van der Waals surface area contributed by atoms with E-state index in [9.17, 15) is 9.59 Å². The lowest BCUT2D eigenvalue weighted by atomic mass is 10.1. The molecule has 0 aliphatic carbocycles. The van der Waals surface area contributed by atoms with E-state index in [-0.39, 0.29) is 12.1 Å². The van der Waals surface area contributed by atoms with Crippen molar-refractivity contribution in [1.29, 1.82) is 0 Å². The van der Waals surface area contributed by atoms with Gasteiger partial charge in [-0.3, -0.25) is 9.78 Å². The second-order valence-corrected chi connectivity index (χ2v) is 7.04. The van der Waals surface area contributed by atoms with Gasteiger partial charge in [-0.15, -0.1) is 0 Å². The van der Waals surface area contributed by atoms with Crippen LogP contribution < -0.4 is 16.0 Å². The van der Waals surface area contributed by atoms with Crippen LogP contribution in [0.15, 0.2) is 36.5 Å². The SMILES string of the molecule is Cc1cccc(CC(C)NC(=O)N2CCN(c3ncccc3C(N)=O)CC2)n1. The Bertz CT molecular complexity index is 848. The van der Waals surface area contributed by atoms with E-state index in [2.05, 4.69) is 15.3 Å². The topological polar surface area (TPSA) is 104 Å². The van der Waals surface area contributed by atoms with Crippen LogP contribution >= 0.6 is 0 Å². The molecule has 28 heavy (non-hydrogen) atoms. The van der Waals surface area contributed by atoms with Gasteiger partial charge in [-0.2, -0.15) is 0 Å². The molecule has 2 aromatic rings. The summed E-state index contributed by atoms with van der Waals surface area (Å²) in [4.78, 5) is 36.7. The van der Waals surface area contributed by atoms with Crippen molar-refractivity contribution in [1.82, 2.24) is 20.2 Å². The second-order valence-electron chi connectivity index (χ2n) is 7.04. The monoisotopic (exact) mass is 382 g/mol. The Kier molecular flexibility index (Phi) is 6.08. The number of primary amides is 1. The van der Waals surface area contributed by atoms with Gasteiger partial charge < -0.3 is 20.9 Å².